The van der Waals surface area contributed by atoms with Crippen molar-refractivity contribution in [3.63, 3.8) is 0 Å². The van der Waals surface area contributed by atoms with Crippen LogP contribution < -0.4 is 10.6 Å². The van der Waals surface area contributed by atoms with Crippen molar-refractivity contribution in [2.24, 2.45) is 11.8 Å². The van der Waals surface area contributed by atoms with Crippen LogP contribution in [0.3, 0.4) is 0 Å². The maximum Gasteiger partial charge on any atom is 0.251 e. The molecule has 0 aliphatic carbocycles. The summed E-state index contributed by atoms with van der Waals surface area (Å²) >= 11 is 5.81. The molecule has 2 aromatic rings. The summed E-state index contributed by atoms with van der Waals surface area (Å²) < 4.78 is 27.6. The van der Waals surface area contributed by atoms with E-state index < -0.39 is 21.8 Å². The molecule has 2 N–H and O–H groups in total. The summed E-state index contributed by atoms with van der Waals surface area (Å²) in [6, 6.07) is 12.5. The van der Waals surface area contributed by atoms with E-state index >= 15 is 0 Å². The number of sulfonamides is 1. The number of amides is 2. The highest BCUT2D eigenvalue weighted by Gasteiger charge is 2.32. The first-order valence-corrected chi connectivity index (χ1v) is 11.9. The van der Waals surface area contributed by atoms with Crippen molar-refractivity contribution < 1.29 is 18.0 Å². The molecule has 1 heterocycles. The molecular weight excluding hydrogens is 438 g/mol. The minimum absolute atomic E-state index is 0.0760. The van der Waals surface area contributed by atoms with E-state index in [-0.39, 0.29) is 28.8 Å². The Morgan fingerprint density at radius 2 is 1.71 bits per heavy atom. The van der Waals surface area contributed by atoms with Crippen molar-refractivity contribution in [1.82, 2.24) is 9.62 Å². The maximum absolute atomic E-state index is 13.1. The summed E-state index contributed by atoms with van der Waals surface area (Å²) in [7, 11) is -3.70. The Morgan fingerprint density at radius 1 is 1.06 bits per heavy atom. The minimum Gasteiger partial charge on any atom is -0.343 e. The number of hydrogen-bond acceptors (Lipinski definition) is 4. The van der Waals surface area contributed by atoms with E-state index in [0.29, 0.717) is 23.8 Å². The Morgan fingerprint density at radius 3 is 2.35 bits per heavy atom. The fraction of sp³-hybridized carbons (Fsp3) is 0.364. The molecule has 1 aliphatic rings. The Hall–Kier alpha value is -2.42. The predicted molar refractivity (Wildman–Crippen MR) is 121 cm³/mol. The number of carbonyl (C=O) groups is 2. The van der Waals surface area contributed by atoms with E-state index in [2.05, 4.69) is 10.6 Å². The average molecular weight is 464 g/mol. The van der Waals surface area contributed by atoms with Crippen LogP contribution in [0.25, 0.3) is 0 Å². The second-order valence-corrected chi connectivity index (χ2v) is 10.4. The zero-order valence-electron chi connectivity index (χ0n) is 17.5. The third-order valence-electron chi connectivity index (χ3n) is 5.11. The molecule has 0 bridgehead atoms. The van der Waals surface area contributed by atoms with E-state index in [4.69, 9.17) is 11.6 Å². The number of hydrogen-bond donors (Lipinski definition) is 2. The molecule has 2 unspecified atom stereocenters. The highest BCUT2D eigenvalue weighted by molar-refractivity contribution is 7.89. The zero-order chi connectivity index (χ0) is 22.6. The van der Waals surface area contributed by atoms with Crippen LogP contribution in [0, 0.1) is 11.8 Å². The van der Waals surface area contributed by atoms with Gasteiger partial charge in [-0.25, -0.2) is 8.42 Å². The fourth-order valence-electron chi connectivity index (χ4n) is 3.75. The molecule has 7 nitrogen and oxygen atoms in total. The first-order valence-electron chi connectivity index (χ1n) is 10.1. The number of benzene rings is 2. The van der Waals surface area contributed by atoms with Crippen LogP contribution in [0.2, 0.25) is 5.02 Å². The summed E-state index contributed by atoms with van der Waals surface area (Å²) in [5.74, 6) is -0.368. The van der Waals surface area contributed by atoms with Gasteiger partial charge < -0.3 is 10.6 Å². The van der Waals surface area contributed by atoms with E-state index in [1.54, 1.807) is 24.3 Å². The van der Waals surface area contributed by atoms with Crippen LogP contribution in [0.1, 0.15) is 30.6 Å². The zero-order valence-corrected chi connectivity index (χ0v) is 19.0. The molecule has 2 atom stereocenters. The number of nitrogens with one attached hydrogen (secondary N) is 2. The normalized spacial score (nSPS) is 19.6. The molecule has 0 aromatic heterocycles. The lowest BCUT2D eigenvalue weighted by molar-refractivity contribution is -0.115. The molecule has 2 amide bonds. The topological polar surface area (TPSA) is 95.6 Å². The van der Waals surface area contributed by atoms with Gasteiger partial charge in [0.25, 0.3) is 5.91 Å². The number of carbonyl (C=O) groups excluding carboxylic acids is 2. The molecule has 1 aliphatic heterocycles. The van der Waals surface area contributed by atoms with Gasteiger partial charge in [-0.3, -0.25) is 9.59 Å². The quantitative estimate of drug-likeness (QED) is 0.686. The highest BCUT2D eigenvalue weighted by atomic mass is 35.5. The molecule has 166 valence electrons. The van der Waals surface area contributed by atoms with Crippen molar-refractivity contribution in [3.8, 4) is 0 Å². The van der Waals surface area contributed by atoms with E-state index in [9.17, 15) is 18.0 Å². The van der Waals surface area contributed by atoms with Crippen LogP contribution in [0.4, 0.5) is 5.69 Å². The largest absolute Gasteiger partial charge is 0.343 e. The molecular formula is C22H26ClN3O4S. The molecule has 2 aromatic carbocycles. The molecule has 0 spiro atoms. The van der Waals surface area contributed by atoms with Gasteiger partial charge in [0.2, 0.25) is 15.9 Å². The van der Waals surface area contributed by atoms with Crippen molar-refractivity contribution in [3.05, 3.63) is 59.1 Å². The number of rotatable bonds is 6. The summed E-state index contributed by atoms with van der Waals surface area (Å²) in [4.78, 5) is 24.6. The summed E-state index contributed by atoms with van der Waals surface area (Å²) in [5, 5.41) is 5.72. The van der Waals surface area contributed by atoms with Crippen LogP contribution in [-0.2, 0) is 14.8 Å². The maximum atomic E-state index is 13.1. The molecule has 0 radical (unpaired) electrons. The van der Waals surface area contributed by atoms with Gasteiger partial charge >= 0.3 is 0 Å². The summed E-state index contributed by atoms with van der Waals surface area (Å²) in [5.41, 5.74) is 0.736. The molecule has 1 saturated heterocycles. The second-order valence-electron chi connectivity index (χ2n) is 8.03. The first kappa shape index (κ1) is 23.2. The van der Waals surface area contributed by atoms with Gasteiger partial charge in [0.15, 0.2) is 0 Å². The van der Waals surface area contributed by atoms with E-state index in [1.165, 1.54) is 28.6 Å². The lowest BCUT2D eigenvalue weighted by Crippen LogP contribution is -2.42. The van der Waals surface area contributed by atoms with Gasteiger partial charge in [0.1, 0.15) is 0 Å². The van der Waals surface area contributed by atoms with Gasteiger partial charge in [0, 0.05) is 29.4 Å². The molecule has 0 saturated carbocycles. The Balaban J connectivity index is 1.64. The standard InChI is InChI=1S/C22H26ClN3O4S/c1-15-10-16(2)14-26(13-15)31(29,30)20-5-3-4-17(11-20)22(28)24-12-21(27)25-19-8-6-18(23)7-9-19/h3-9,11,15-16H,10,12-14H2,1-2H3,(H,24,28)(H,25,27). The Kier molecular flexibility index (Phi) is 7.35. The van der Waals surface area contributed by atoms with Crippen LogP contribution in [-0.4, -0.2) is 44.2 Å². The number of piperidine rings is 1. The van der Waals surface area contributed by atoms with Crippen molar-refractivity contribution in [1.29, 1.82) is 0 Å². The Bertz CT molecular complexity index is 1050. The molecule has 9 heteroatoms. The van der Waals surface area contributed by atoms with Crippen molar-refractivity contribution in [2.45, 2.75) is 25.2 Å². The Labute approximate surface area is 187 Å². The van der Waals surface area contributed by atoms with Crippen molar-refractivity contribution in [2.75, 3.05) is 25.0 Å². The van der Waals surface area contributed by atoms with Crippen LogP contribution in [0.5, 0.6) is 0 Å². The highest BCUT2D eigenvalue weighted by Crippen LogP contribution is 2.27. The van der Waals surface area contributed by atoms with E-state index in [1.807, 2.05) is 13.8 Å². The smallest absolute Gasteiger partial charge is 0.251 e. The summed E-state index contributed by atoms with van der Waals surface area (Å²) in [6.45, 7) is 4.76. The lowest BCUT2D eigenvalue weighted by Gasteiger charge is -2.34. The predicted octanol–water partition coefficient (Wildman–Crippen LogP) is 3.38. The number of nitrogens with zero attached hydrogens (tertiary/aromatic N) is 1. The van der Waals surface area contributed by atoms with Gasteiger partial charge in [-0.05, 0) is 60.7 Å². The first-order chi connectivity index (χ1) is 14.6. The summed E-state index contributed by atoms with van der Waals surface area (Å²) in [6.07, 6.45) is 0.993. The number of halogens is 1. The van der Waals surface area contributed by atoms with Gasteiger partial charge in [-0.2, -0.15) is 4.31 Å². The second kappa shape index (κ2) is 9.80. The van der Waals surface area contributed by atoms with Crippen LogP contribution in [0.15, 0.2) is 53.4 Å². The van der Waals surface area contributed by atoms with Crippen LogP contribution >= 0.6 is 11.6 Å². The van der Waals surface area contributed by atoms with Gasteiger partial charge in [-0.1, -0.05) is 31.5 Å². The van der Waals surface area contributed by atoms with Gasteiger partial charge in [0.05, 0.1) is 11.4 Å². The minimum atomic E-state index is -3.70. The fourth-order valence-corrected chi connectivity index (χ4v) is 5.60. The van der Waals surface area contributed by atoms with Crippen molar-refractivity contribution >= 4 is 39.1 Å². The molecule has 3 rings (SSSR count). The molecule has 31 heavy (non-hydrogen) atoms. The lowest BCUT2D eigenvalue weighted by atomic mass is 9.94. The van der Waals surface area contributed by atoms with E-state index in [0.717, 1.165) is 6.42 Å². The monoisotopic (exact) mass is 463 g/mol. The average Bonchev–Trinajstić information content (AvgIpc) is 2.73. The number of anilines is 1. The molecule has 1 fully saturated rings. The van der Waals surface area contributed by atoms with Gasteiger partial charge in [-0.15, -0.1) is 0 Å². The SMILES string of the molecule is CC1CC(C)CN(S(=O)(=O)c2cccc(C(=O)NCC(=O)Nc3ccc(Cl)cc3)c2)C1. The third kappa shape index (κ3) is 6.06. The third-order valence-corrected chi connectivity index (χ3v) is 7.19.